The van der Waals surface area contributed by atoms with Crippen LogP contribution in [0.2, 0.25) is 5.02 Å². The lowest BCUT2D eigenvalue weighted by Gasteiger charge is -2.21. The van der Waals surface area contributed by atoms with E-state index in [2.05, 4.69) is 5.32 Å². The SMILES string of the molecule is CC(C)(CN)C(=O)Nc1cccc(Cl)c1.Cl. The highest BCUT2D eigenvalue weighted by Gasteiger charge is 2.25. The zero-order valence-electron chi connectivity index (χ0n) is 9.29. The molecule has 1 aromatic rings. The first kappa shape index (κ1) is 15.2. The van der Waals surface area contributed by atoms with E-state index in [0.29, 0.717) is 17.3 Å². The van der Waals surface area contributed by atoms with Gasteiger partial charge in [-0.25, -0.2) is 0 Å². The summed E-state index contributed by atoms with van der Waals surface area (Å²) in [6, 6.07) is 7.03. The molecule has 0 heterocycles. The Kier molecular flexibility index (Phi) is 5.79. The van der Waals surface area contributed by atoms with Gasteiger partial charge < -0.3 is 11.1 Å². The zero-order valence-corrected chi connectivity index (χ0v) is 10.9. The average Bonchev–Trinajstić information content (AvgIpc) is 2.17. The Bertz CT molecular complexity index is 367. The first-order valence-corrected chi connectivity index (χ1v) is 5.10. The number of anilines is 1. The van der Waals surface area contributed by atoms with E-state index in [9.17, 15) is 4.79 Å². The summed E-state index contributed by atoms with van der Waals surface area (Å²) in [7, 11) is 0. The summed E-state index contributed by atoms with van der Waals surface area (Å²) >= 11 is 5.80. The van der Waals surface area contributed by atoms with Crippen molar-refractivity contribution in [3.8, 4) is 0 Å². The van der Waals surface area contributed by atoms with Crippen molar-refractivity contribution in [2.45, 2.75) is 13.8 Å². The Morgan fingerprint density at radius 1 is 1.50 bits per heavy atom. The van der Waals surface area contributed by atoms with Gasteiger partial charge in [0.2, 0.25) is 5.91 Å². The molecule has 0 radical (unpaired) electrons. The molecule has 0 aliphatic heterocycles. The van der Waals surface area contributed by atoms with Crippen LogP contribution in [-0.4, -0.2) is 12.5 Å². The van der Waals surface area contributed by atoms with Crippen LogP contribution >= 0.6 is 24.0 Å². The summed E-state index contributed by atoms with van der Waals surface area (Å²) in [5.41, 5.74) is 5.63. The van der Waals surface area contributed by atoms with Gasteiger partial charge in [-0.15, -0.1) is 12.4 Å². The van der Waals surface area contributed by atoms with Crippen molar-refractivity contribution in [2.24, 2.45) is 11.1 Å². The van der Waals surface area contributed by atoms with Gasteiger partial charge in [0.05, 0.1) is 5.41 Å². The lowest BCUT2D eigenvalue weighted by molar-refractivity contribution is -0.123. The Labute approximate surface area is 107 Å². The summed E-state index contributed by atoms with van der Waals surface area (Å²) in [6.45, 7) is 3.90. The molecule has 0 saturated carbocycles. The maximum absolute atomic E-state index is 11.7. The van der Waals surface area contributed by atoms with E-state index in [1.807, 2.05) is 0 Å². The average molecular weight is 263 g/mol. The standard InChI is InChI=1S/C11H15ClN2O.ClH/c1-11(2,7-13)10(15)14-9-5-3-4-8(12)6-9;/h3-6H,7,13H2,1-2H3,(H,14,15);1H. The number of hydrogen-bond acceptors (Lipinski definition) is 2. The third-order valence-electron chi connectivity index (χ3n) is 2.21. The largest absolute Gasteiger partial charge is 0.329 e. The summed E-state index contributed by atoms with van der Waals surface area (Å²) in [6.07, 6.45) is 0. The zero-order chi connectivity index (χ0) is 11.5. The lowest BCUT2D eigenvalue weighted by atomic mass is 9.92. The van der Waals surface area contributed by atoms with E-state index in [-0.39, 0.29) is 18.3 Å². The summed E-state index contributed by atoms with van der Waals surface area (Å²) in [5.74, 6) is -0.104. The minimum absolute atomic E-state index is 0. The molecule has 1 rings (SSSR count). The molecule has 0 spiro atoms. The molecular formula is C11H16Cl2N2O. The lowest BCUT2D eigenvalue weighted by Crippen LogP contribution is -2.37. The van der Waals surface area contributed by atoms with Gasteiger partial charge >= 0.3 is 0 Å². The second-order valence-electron chi connectivity index (χ2n) is 4.05. The van der Waals surface area contributed by atoms with E-state index in [0.717, 1.165) is 0 Å². The molecule has 3 nitrogen and oxygen atoms in total. The number of benzene rings is 1. The van der Waals surface area contributed by atoms with Crippen molar-refractivity contribution in [2.75, 3.05) is 11.9 Å². The van der Waals surface area contributed by atoms with Crippen LogP contribution in [-0.2, 0) is 4.79 Å². The van der Waals surface area contributed by atoms with E-state index < -0.39 is 5.41 Å². The van der Waals surface area contributed by atoms with Crippen LogP contribution in [0.5, 0.6) is 0 Å². The van der Waals surface area contributed by atoms with Gasteiger partial charge in [-0.05, 0) is 32.0 Å². The first-order chi connectivity index (χ1) is 6.95. The number of rotatable bonds is 3. The van der Waals surface area contributed by atoms with E-state index >= 15 is 0 Å². The van der Waals surface area contributed by atoms with Crippen molar-refractivity contribution in [3.05, 3.63) is 29.3 Å². The molecule has 0 aliphatic rings. The van der Waals surface area contributed by atoms with Crippen molar-refractivity contribution in [1.29, 1.82) is 0 Å². The molecule has 0 saturated heterocycles. The van der Waals surface area contributed by atoms with Gasteiger partial charge in [-0.1, -0.05) is 17.7 Å². The maximum Gasteiger partial charge on any atom is 0.231 e. The van der Waals surface area contributed by atoms with Crippen LogP contribution in [0, 0.1) is 5.41 Å². The van der Waals surface area contributed by atoms with Crippen molar-refractivity contribution >= 4 is 35.6 Å². The van der Waals surface area contributed by atoms with E-state index in [1.54, 1.807) is 38.1 Å². The fraction of sp³-hybridized carbons (Fsp3) is 0.364. The van der Waals surface area contributed by atoms with Gasteiger partial charge in [0.1, 0.15) is 0 Å². The highest BCUT2D eigenvalue weighted by molar-refractivity contribution is 6.30. The molecule has 3 N–H and O–H groups in total. The van der Waals surface area contributed by atoms with Crippen LogP contribution in [0.3, 0.4) is 0 Å². The fourth-order valence-corrected chi connectivity index (χ4v) is 1.15. The first-order valence-electron chi connectivity index (χ1n) is 4.73. The molecule has 90 valence electrons. The van der Waals surface area contributed by atoms with Gasteiger partial charge in [-0.2, -0.15) is 0 Å². The molecule has 0 aromatic heterocycles. The topological polar surface area (TPSA) is 55.1 Å². The quantitative estimate of drug-likeness (QED) is 0.880. The molecule has 0 unspecified atom stereocenters. The second kappa shape index (κ2) is 6.09. The molecule has 5 heteroatoms. The molecule has 0 atom stereocenters. The monoisotopic (exact) mass is 262 g/mol. The predicted molar refractivity (Wildman–Crippen MR) is 70.2 cm³/mol. The smallest absolute Gasteiger partial charge is 0.231 e. The van der Waals surface area contributed by atoms with Crippen molar-refractivity contribution in [3.63, 3.8) is 0 Å². The molecule has 1 amide bonds. The predicted octanol–water partition coefficient (Wildman–Crippen LogP) is 2.69. The molecule has 0 aliphatic carbocycles. The molecule has 1 aromatic carbocycles. The number of amides is 1. The summed E-state index contributed by atoms with van der Waals surface area (Å²) in [4.78, 5) is 11.7. The summed E-state index contributed by atoms with van der Waals surface area (Å²) < 4.78 is 0. The van der Waals surface area contributed by atoms with Crippen molar-refractivity contribution in [1.82, 2.24) is 0 Å². The molecular weight excluding hydrogens is 247 g/mol. The number of halogens is 2. The number of nitrogens with one attached hydrogen (secondary N) is 1. The third kappa shape index (κ3) is 4.00. The van der Waals surface area contributed by atoms with Gasteiger partial charge in [0.15, 0.2) is 0 Å². The number of hydrogen-bond donors (Lipinski definition) is 2. The molecule has 0 fully saturated rings. The summed E-state index contributed by atoms with van der Waals surface area (Å²) in [5, 5.41) is 3.37. The van der Waals surface area contributed by atoms with Gasteiger partial charge in [0, 0.05) is 17.3 Å². The Morgan fingerprint density at radius 2 is 2.12 bits per heavy atom. The highest BCUT2D eigenvalue weighted by atomic mass is 35.5. The highest BCUT2D eigenvalue weighted by Crippen LogP contribution is 2.19. The number of nitrogens with two attached hydrogens (primary N) is 1. The van der Waals surface area contributed by atoms with Gasteiger partial charge in [-0.3, -0.25) is 4.79 Å². The van der Waals surface area contributed by atoms with Crippen LogP contribution < -0.4 is 11.1 Å². The second-order valence-corrected chi connectivity index (χ2v) is 4.49. The Balaban J connectivity index is 0.00000225. The Morgan fingerprint density at radius 3 is 2.62 bits per heavy atom. The fourth-order valence-electron chi connectivity index (χ4n) is 0.959. The normalized spacial score (nSPS) is 10.5. The minimum Gasteiger partial charge on any atom is -0.329 e. The molecule has 0 bridgehead atoms. The number of carbonyl (C=O) groups is 1. The van der Waals surface area contributed by atoms with Crippen LogP contribution in [0.1, 0.15) is 13.8 Å². The molecule has 16 heavy (non-hydrogen) atoms. The van der Waals surface area contributed by atoms with E-state index in [4.69, 9.17) is 17.3 Å². The Hall–Kier alpha value is -0.770. The van der Waals surface area contributed by atoms with Crippen molar-refractivity contribution < 1.29 is 4.79 Å². The number of carbonyl (C=O) groups excluding carboxylic acids is 1. The minimum atomic E-state index is -0.567. The van der Waals surface area contributed by atoms with Gasteiger partial charge in [0.25, 0.3) is 0 Å². The van der Waals surface area contributed by atoms with Crippen LogP contribution in [0.4, 0.5) is 5.69 Å². The van der Waals surface area contributed by atoms with Crippen LogP contribution in [0.15, 0.2) is 24.3 Å². The van der Waals surface area contributed by atoms with E-state index in [1.165, 1.54) is 0 Å². The van der Waals surface area contributed by atoms with Crippen LogP contribution in [0.25, 0.3) is 0 Å². The maximum atomic E-state index is 11.7. The third-order valence-corrected chi connectivity index (χ3v) is 2.44.